The molecule has 0 fully saturated rings. The quantitative estimate of drug-likeness (QED) is 0.809. The summed E-state index contributed by atoms with van der Waals surface area (Å²) in [5, 5.41) is 8.01. The molecule has 2 aromatic rings. The number of hydrazone groups is 1. The lowest BCUT2D eigenvalue weighted by atomic mass is 10.1. The van der Waals surface area contributed by atoms with E-state index in [2.05, 4.69) is 10.4 Å². The Balaban J connectivity index is 1.61. The van der Waals surface area contributed by atoms with Crippen LogP contribution in [0.1, 0.15) is 24.0 Å². The highest BCUT2D eigenvalue weighted by atomic mass is 16.5. The minimum atomic E-state index is -0.705. The van der Waals surface area contributed by atoms with Gasteiger partial charge in [0.05, 0.1) is 5.69 Å². The number of nitrogens with one attached hydrogen (secondary N) is 1. The van der Waals surface area contributed by atoms with Gasteiger partial charge in [0, 0.05) is 18.5 Å². The van der Waals surface area contributed by atoms with E-state index in [1.165, 1.54) is 5.01 Å². The van der Waals surface area contributed by atoms with Crippen LogP contribution in [0.25, 0.3) is 0 Å². The molecule has 7 heteroatoms. The number of nitrogens with zero attached hydrogens (tertiary/aromatic N) is 2. The first-order chi connectivity index (χ1) is 13.4. The number of carbonyl (C=O) groups excluding carboxylic acids is 3. The maximum atomic E-state index is 12.3. The van der Waals surface area contributed by atoms with Gasteiger partial charge in [-0.3, -0.25) is 9.59 Å². The van der Waals surface area contributed by atoms with Crippen molar-refractivity contribution in [2.75, 3.05) is 16.9 Å². The second-order valence-electron chi connectivity index (χ2n) is 6.59. The molecular formula is C21H21N3O4. The minimum absolute atomic E-state index is 0.114. The maximum Gasteiger partial charge on any atom is 0.355 e. The van der Waals surface area contributed by atoms with Gasteiger partial charge in [0.15, 0.2) is 6.61 Å². The zero-order valence-electron chi connectivity index (χ0n) is 15.8. The third-order valence-electron chi connectivity index (χ3n) is 4.11. The summed E-state index contributed by atoms with van der Waals surface area (Å²) in [6.07, 6.45) is 0.331. The fourth-order valence-corrected chi connectivity index (χ4v) is 2.93. The maximum absolute atomic E-state index is 12.3. The van der Waals surface area contributed by atoms with Crippen molar-refractivity contribution in [1.82, 2.24) is 0 Å². The Morgan fingerprint density at radius 2 is 1.75 bits per heavy atom. The molecular weight excluding hydrogens is 358 g/mol. The number of rotatable bonds is 5. The highest BCUT2D eigenvalue weighted by molar-refractivity contribution is 6.38. The van der Waals surface area contributed by atoms with Crippen LogP contribution in [0.3, 0.4) is 0 Å². The van der Waals surface area contributed by atoms with Crippen molar-refractivity contribution in [1.29, 1.82) is 0 Å². The number of aryl methyl sites for hydroxylation is 2. The Morgan fingerprint density at radius 3 is 2.43 bits per heavy atom. The standard InChI is InChI=1S/C21H21N3O4/c1-14-10-15(2)12-16(11-14)22-19(25)13-28-21(27)18-8-9-20(26)24(23-18)17-6-4-3-5-7-17/h3-7,10-12H,8-9,13H2,1-2H3,(H,22,25). The van der Waals surface area contributed by atoms with Crippen molar-refractivity contribution in [3.05, 3.63) is 59.7 Å². The van der Waals surface area contributed by atoms with Crippen molar-refractivity contribution >= 4 is 34.9 Å². The molecule has 2 aromatic carbocycles. The molecule has 7 nitrogen and oxygen atoms in total. The molecule has 0 aliphatic carbocycles. The van der Waals surface area contributed by atoms with Gasteiger partial charge in [-0.2, -0.15) is 5.10 Å². The monoisotopic (exact) mass is 379 g/mol. The average molecular weight is 379 g/mol. The van der Waals surface area contributed by atoms with Crippen LogP contribution in [-0.2, 0) is 19.1 Å². The highest BCUT2D eigenvalue weighted by Gasteiger charge is 2.26. The normalized spacial score (nSPS) is 13.7. The van der Waals surface area contributed by atoms with Gasteiger partial charge in [0.2, 0.25) is 5.91 Å². The Bertz CT molecular complexity index is 918. The van der Waals surface area contributed by atoms with Crippen molar-refractivity contribution < 1.29 is 19.1 Å². The summed E-state index contributed by atoms with van der Waals surface area (Å²) in [6.45, 7) is 3.44. The second kappa shape index (κ2) is 8.47. The fourth-order valence-electron chi connectivity index (χ4n) is 2.93. The summed E-state index contributed by atoms with van der Waals surface area (Å²) < 4.78 is 5.08. The van der Waals surface area contributed by atoms with Gasteiger partial charge in [-0.25, -0.2) is 9.80 Å². The van der Waals surface area contributed by atoms with Gasteiger partial charge in [-0.1, -0.05) is 24.3 Å². The van der Waals surface area contributed by atoms with Gasteiger partial charge in [-0.15, -0.1) is 0 Å². The molecule has 0 spiro atoms. The largest absolute Gasteiger partial charge is 0.451 e. The van der Waals surface area contributed by atoms with E-state index >= 15 is 0 Å². The molecule has 1 N–H and O–H groups in total. The predicted octanol–water partition coefficient (Wildman–Crippen LogP) is 2.97. The summed E-state index contributed by atoms with van der Waals surface area (Å²) in [5.74, 6) is -1.34. The first-order valence-corrected chi connectivity index (χ1v) is 8.93. The number of esters is 1. The van der Waals surface area contributed by atoms with Crippen LogP contribution in [0.15, 0.2) is 53.6 Å². The van der Waals surface area contributed by atoms with Crippen LogP contribution in [-0.4, -0.2) is 30.1 Å². The van der Waals surface area contributed by atoms with Gasteiger partial charge in [-0.05, 0) is 49.2 Å². The molecule has 144 valence electrons. The van der Waals surface area contributed by atoms with E-state index in [4.69, 9.17) is 4.74 Å². The summed E-state index contributed by atoms with van der Waals surface area (Å²) in [6, 6.07) is 14.5. The summed E-state index contributed by atoms with van der Waals surface area (Å²) in [5.41, 5.74) is 3.38. The minimum Gasteiger partial charge on any atom is -0.451 e. The molecule has 0 atom stereocenters. The molecule has 0 saturated carbocycles. The lowest BCUT2D eigenvalue weighted by Crippen LogP contribution is -2.35. The van der Waals surface area contributed by atoms with Gasteiger partial charge in [0.25, 0.3) is 5.91 Å². The third-order valence-corrected chi connectivity index (χ3v) is 4.11. The molecule has 0 saturated heterocycles. The van der Waals surface area contributed by atoms with Gasteiger partial charge < -0.3 is 10.1 Å². The van der Waals surface area contributed by atoms with Crippen molar-refractivity contribution in [3.8, 4) is 0 Å². The summed E-state index contributed by atoms with van der Waals surface area (Å²) in [4.78, 5) is 36.4. The van der Waals surface area contributed by atoms with E-state index in [1.54, 1.807) is 24.3 Å². The predicted molar refractivity (Wildman–Crippen MR) is 106 cm³/mol. The molecule has 3 rings (SSSR count). The van der Waals surface area contributed by atoms with E-state index in [0.29, 0.717) is 11.4 Å². The molecule has 0 unspecified atom stereocenters. The number of hydrogen-bond donors (Lipinski definition) is 1. The van der Waals surface area contributed by atoms with Gasteiger partial charge >= 0.3 is 5.97 Å². The van der Waals surface area contributed by atoms with Crippen LogP contribution < -0.4 is 10.3 Å². The van der Waals surface area contributed by atoms with Crippen LogP contribution in [0, 0.1) is 13.8 Å². The average Bonchev–Trinajstić information content (AvgIpc) is 2.66. The van der Waals surface area contributed by atoms with E-state index in [9.17, 15) is 14.4 Å². The summed E-state index contributed by atoms with van der Waals surface area (Å²) in [7, 11) is 0. The zero-order chi connectivity index (χ0) is 20.1. The number of hydrogen-bond acceptors (Lipinski definition) is 5. The molecule has 0 bridgehead atoms. The SMILES string of the molecule is Cc1cc(C)cc(NC(=O)COC(=O)C2=NN(c3ccccc3)C(=O)CC2)c1. The zero-order valence-corrected chi connectivity index (χ0v) is 15.8. The second-order valence-corrected chi connectivity index (χ2v) is 6.59. The van der Waals surface area contributed by atoms with Crippen molar-refractivity contribution in [2.45, 2.75) is 26.7 Å². The molecule has 1 aliphatic rings. The number of amides is 2. The van der Waals surface area contributed by atoms with E-state index in [0.717, 1.165) is 11.1 Å². The van der Waals surface area contributed by atoms with Crippen molar-refractivity contribution in [3.63, 3.8) is 0 Å². The smallest absolute Gasteiger partial charge is 0.355 e. The van der Waals surface area contributed by atoms with E-state index in [-0.39, 0.29) is 24.5 Å². The topological polar surface area (TPSA) is 88.1 Å². The van der Waals surface area contributed by atoms with Crippen LogP contribution in [0.4, 0.5) is 11.4 Å². The number of benzene rings is 2. The fraction of sp³-hybridized carbons (Fsp3) is 0.238. The molecule has 2 amide bonds. The number of para-hydroxylation sites is 1. The van der Waals surface area contributed by atoms with Crippen molar-refractivity contribution in [2.24, 2.45) is 5.10 Å². The lowest BCUT2D eigenvalue weighted by Gasteiger charge is -2.22. The number of ether oxygens (including phenoxy) is 1. The molecule has 1 aliphatic heterocycles. The molecule has 28 heavy (non-hydrogen) atoms. The highest BCUT2D eigenvalue weighted by Crippen LogP contribution is 2.20. The first-order valence-electron chi connectivity index (χ1n) is 8.93. The number of carbonyl (C=O) groups is 3. The first kappa shape index (κ1) is 19.3. The Kier molecular flexibility index (Phi) is 5.84. The van der Waals surface area contributed by atoms with Crippen LogP contribution in [0.5, 0.6) is 0 Å². The Labute approximate surface area is 163 Å². The van der Waals surface area contributed by atoms with Crippen LogP contribution >= 0.6 is 0 Å². The Morgan fingerprint density at radius 1 is 1.07 bits per heavy atom. The molecule has 0 aromatic heterocycles. The molecule has 0 radical (unpaired) electrons. The lowest BCUT2D eigenvalue weighted by molar-refractivity contribution is -0.140. The van der Waals surface area contributed by atoms with E-state index in [1.807, 2.05) is 38.1 Å². The number of anilines is 2. The van der Waals surface area contributed by atoms with Gasteiger partial charge in [0.1, 0.15) is 5.71 Å². The van der Waals surface area contributed by atoms with E-state index < -0.39 is 18.5 Å². The third kappa shape index (κ3) is 4.82. The van der Waals surface area contributed by atoms with Crippen LogP contribution in [0.2, 0.25) is 0 Å². The Hall–Kier alpha value is -3.48. The summed E-state index contributed by atoms with van der Waals surface area (Å²) >= 11 is 0. The molecule has 1 heterocycles.